The number of nitrogens with one attached hydrogen (secondary N) is 1. The molecule has 0 spiro atoms. The summed E-state index contributed by atoms with van der Waals surface area (Å²) in [6.45, 7) is 7.32. The van der Waals surface area contributed by atoms with Gasteiger partial charge in [0.2, 0.25) is 0 Å². The number of rotatable bonds is 7. The van der Waals surface area contributed by atoms with Crippen molar-refractivity contribution in [3.63, 3.8) is 0 Å². The van der Waals surface area contributed by atoms with Crippen LogP contribution in [0.4, 0.5) is 5.69 Å². The Morgan fingerprint density at radius 3 is 2.48 bits per heavy atom. The van der Waals surface area contributed by atoms with Gasteiger partial charge in [-0.25, -0.2) is 8.42 Å². The molecule has 1 aromatic rings. The third-order valence-electron chi connectivity index (χ3n) is 3.68. The van der Waals surface area contributed by atoms with Gasteiger partial charge in [0.15, 0.2) is 9.84 Å². The van der Waals surface area contributed by atoms with Gasteiger partial charge in [0.05, 0.1) is 23.9 Å². The molecule has 0 amide bonds. The molecule has 0 aromatic heterocycles. The Bertz CT molecular complexity index is 522. The van der Waals surface area contributed by atoms with E-state index in [1.165, 1.54) is 0 Å². The second-order valence-corrected chi connectivity index (χ2v) is 7.44. The zero-order chi connectivity index (χ0) is 15.1. The lowest BCUT2D eigenvalue weighted by Crippen LogP contribution is -2.37. The molecular weight excluding hydrogens is 288 g/mol. The molecule has 118 valence electrons. The van der Waals surface area contributed by atoms with E-state index in [0.29, 0.717) is 4.90 Å². The maximum atomic E-state index is 11.7. The van der Waals surface area contributed by atoms with Crippen LogP contribution in [0.5, 0.6) is 0 Å². The average molecular weight is 312 g/mol. The number of ether oxygens (including phenoxy) is 1. The monoisotopic (exact) mass is 312 g/mol. The largest absolute Gasteiger partial charge is 0.385 e. The van der Waals surface area contributed by atoms with Crippen molar-refractivity contribution in [2.24, 2.45) is 0 Å². The molecule has 1 N–H and O–H groups in total. The molecular formula is C15H24N2O3S. The Kier molecular flexibility index (Phi) is 6.02. The molecule has 0 unspecified atom stereocenters. The first-order valence-electron chi connectivity index (χ1n) is 7.48. The van der Waals surface area contributed by atoms with E-state index in [1.54, 1.807) is 19.1 Å². The molecule has 1 aliphatic rings. The maximum absolute atomic E-state index is 11.7. The van der Waals surface area contributed by atoms with Crippen molar-refractivity contribution in [2.75, 3.05) is 50.5 Å². The highest BCUT2D eigenvalue weighted by atomic mass is 32.2. The summed E-state index contributed by atoms with van der Waals surface area (Å²) in [6.07, 6.45) is 1.06. The number of benzene rings is 1. The highest BCUT2D eigenvalue weighted by molar-refractivity contribution is 7.91. The van der Waals surface area contributed by atoms with Crippen molar-refractivity contribution in [3.8, 4) is 0 Å². The Morgan fingerprint density at radius 1 is 1.19 bits per heavy atom. The summed E-state index contributed by atoms with van der Waals surface area (Å²) in [7, 11) is -3.10. The summed E-state index contributed by atoms with van der Waals surface area (Å²) in [4.78, 5) is 2.80. The number of hydrogen-bond acceptors (Lipinski definition) is 5. The molecule has 0 saturated carbocycles. The van der Waals surface area contributed by atoms with E-state index in [1.807, 2.05) is 12.1 Å². The van der Waals surface area contributed by atoms with Gasteiger partial charge in [0, 0.05) is 25.3 Å². The summed E-state index contributed by atoms with van der Waals surface area (Å²) < 4.78 is 28.7. The van der Waals surface area contributed by atoms with Crippen molar-refractivity contribution in [3.05, 3.63) is 24.3 Å². The fraction of sp³-hybridized carbons (Fsp3) is 0.600. The van der Waals surface area contributed by atoms with E-state index in [2.05, 4.69) is 10.2 Å². The van der Waals surface area contributed by atoms with E-state index in [-0.39, 0.29) is 5.75 Å². The van der Waals surface area contributed by atoms with Gasteiger partial charge in [-0.1, -0.05) is 6.92 Å². The Balaban J connectivity index is 1.73. The van der Waals surface area contributed by atoms with Crippen molar-refractivity contribution >= 4 is 15.5 Å². The van der Waals surface area contributed by atoms with Gasteiger partial charge < -0.3 is 10.1 Å². The predicted molar refractivity (Wildman–Crippen MR) is 84.5 cm³/mol. The summed E-state index contributed by atoms with van der Waals surface area (Å²) in [6, 6.07) is 7.00. The van der Waals surface area contributed by atoms with Gasteiger partial charge in [-0.05, 0) is 37.2 Å². The van der Waals surface area contributed by atoms with Crippen LogP contribution < -0.4 is 5.32 Å². The SMILES string of the molecule is CCS(=O)(=O)c1ccc(NCCCN2CCOCC2)cc1. The number of hydrogen-bond donors (Lipinski definition) is 1. The van der Waals surface area contributed by atoms with Crippen LogP contribution in [0.3, 0.4) is 0 Å². The van der Waals surface area contributed by atoms with Gasteiger partial charge in [-0.15, -0.1) is 0 Å². The minimum Gasteiger partial charge on any atom is -0.385 e. The van der Waals surface area contributed by atoms with Crippen molar-refractivity contribution < 1.29 is 13.2 Å². The lowest BCUT2D eigenvalue weighted by atomic mass is 10.3. The van der Waals surface area contributed by atoms with E-state index in [4.69, 9.17) is 4.74 Å². The molecule has 0 bridgehead atoms. The summed E-state index contributed by atoms with van der Waals surface area (Å²) in [5, 5.41) is 3.33. The van der Waals surface area contributed by atoms with Crippen LogP contribution in [0.25, 0.3) is 0 Å². The third-order valence-corrected chi connectivity index (χ3v) is 5.43. The fourth-order valence-corrected chi connectivity index (χ4v) is 3.19. The van der Waals surface area contributed by atoms with Crippen LogP contribution in [0, 0.1) is 0 Å². The quantitative estimate of drug-likeness (QED) is 0.775. The molecule has 0 atom stereocenters. The lowest BCUT2D eigenvalue weighted by Gasteiger charge is -2.26. The molecule has 6 heteroatoms. The third kappa shape index (κ3) is 4.98. The highest BCUT2D eigenvalue weighted by Gasteiger charge is 2.11. The van der Waals surface area contributed by atoms with Crippen molar-refractivity contribution in [2.45, 2.75) is 18.2 Å². The van der Waals surface area contributed by atoms with Crippen LogP contribution in [0.2, 0.25) is 0 Å². The molecule has 2 rings (SSSR count). The number of sulfone groups is 1. The second kappa shape index (κ2) is 7.77. The van der Waals surface area contributed by atoms with E-state index in [9.17, 15) is 8.42 Å². The summed E-state index contributed by atoms with van der Waals surface area (Å²) in [5.41, 5.74) is 0.965. The number of anilines is 1. The minimum atomic E-state index is -3.10. The maximum Gasteiger partial charge on any atom is 0.178 e. The first-order valence-corrected chi connectivity index (χ1v) is 9.14. The normalized spacial score (nSPS) is 16.8. The molecule has 1 saturated heterocycles. The topological polar surface area (TPSA) is 58.6 Å². The van der Waals surface area contributed by atoms with E-state index < -0.39 is 9.84 Å². The Hall–Kier alpha value is -1.11. The first-order chi connectivity index (χ1) is 10.1. The molecule has 1 aliphatic heterocycles. The van der Waals surface area contributed by atoms with E-state index in [0.717, 1.165) is 51.5 Å². The average Bonchev–Trinajstić information content (AvgIpc) is 2.53. The van der Waals surface area contributed by atoms with E-state index >= 15 is 0 Å². The molecule has 1 fully saturated rings. The fourth-order valence-electron chi connectivity index (χ4n) is 2.31. The Labute approximate surface area is 127 Å². The van der Waals surface area contributed by atoms with Gasteiger partial charge in [0.1, 0.15) is 0 Å². The molecule has 21 heavy (non-hydrogen) atoms. The van der Waals surface area contributed by atoms with Crippen LogP contribution in [0.15, 0.2) is 29.2 Å². The van der Waals surface area contributed by atoms with Crippen LogP contribution >= 0.6 is 0 Å². The lowest BCUT2D eigenvalue weighted by molar-refractivity contribution is 0.0378. The minimum absolute atomic E-state index is 0.138. The zero-order valence-electron chi connectivity index (χ0n) is 12.5. The second-order valence-electron chi connectivity index (χ2n) is 5.16. The standard InChI is InChI=1S/C15H24N2O3S/c1-2-21(18,19)15-6-4-14(5-7-15)16-8-3-9-17-10-12-20-13-11-17/h4-7,16H,2-3,8-13H2,1H3. The van der Waals surface area contributed by atoms with Crippen molar-refractivity contribution in [1.82, 2.24) is 4.90 Å². The molecule has 1 aromatic carbocycles. The van der Waals surface area contributed by atoms with Crippen LogP contribution in [-0.2, 0) is 14.6 Å². The van der Waals surface area contributed by atoms with Crippen molar-refractivity contribution in [1.29, 1.82) is 0 Å². The zero-order valence-corrected chi connectivity index (χ0v) is 13.4. The van der Waals surface area contributed by atoms with Gasteiger partial charge in [0.25, 0.3) is 0 Å². The molecule has 1 heterocycles. The van der Waals surface area contributed by atoms with Gasteiger partial charge >= 0.3 is 0 Å². The van der Waals surface area contributed by atoms with Crippen LogP contribution in [-0.4, -0.2) is 58.5 Å². The first kappa shape index (κ1) is 16.3. The number of morpholine rings is 1. The smallest absolute Gasteiger partial charge is 0.178 e. The summed E-state index contributed by atoms with van der Waals surface area (Å²) in [5.74, 6) is 0.138. The molecule has 5 nitrogen and oxygen atoms in total. The van der Waals surface area contributed by atoms with Crippen LogP contribution in [0.1, 0.15) is 13.3 Å². The number of nitrogens with zero attached hydrogens (tertiary/aromatic N) is 1. The summed E-state index contributed by atoms with van der Waals surface area (Å²) >= 11 is 0. The predicted octanol–water partition coefficient (Wildman–Crippen LogP) is 1.61. The Morgan fingerprint density at radius 2 is 1.86 bits per heavy atom. The molecule has 0 aliphatic carbocycles. The van der Waals surface area contributed by atoms with Gasteiger partial charge in [-0.3, -0.25) is 4.90 Å². The highest BCUT2D eigenvalue weighted by Crippen LogP contribution is 2.15. The molecule has 0 radical (unpaired) electrons. The van der Waals surface area contributed by atoms with Gasteiger partial charge in [-0.2, -0.15) is 0 Å².